The molecule has 0 spiro atoms. The number of alkyl halides is 2. The van der Waals surface area contributed by atoms with Crippen molar-refractivity contribution in [3.63, 3.8) is 0 Å². The Kier molecular flexibility index (Phi) is 5.57. The Bertz CT molecular complexity index is 1720. The summed E-state index contributed by atoms with van der Waals surface area (Å²) < 4.78 is 12.3. The maximum absolute atomic E-state index is 15.5. The van der Waals surface area contributed by atoms with Crippen molar-refractivity contribution in [3.05, 3.63) is 118 Å². The quantitative estimate of drug-likeness (QED) is 0.209. The van der Waals surface area contributed by atoms with Gasteiger partial charge in [-0.2, -0.15) is 0 Å². The molecule has 0 aliphatic heterocycles. The average Bonchev–Trinajstić information content (AvgIpc) is 3.42. The van der Waals surface area contributed by atoms with Crippen LogP contribution in [0.15, 0.2) is 101 Å². The van der Waals surface area contributed by atoms with Gasteiger partial charge in [0, 0.05) is 14.2 Å². The molecule has 3 fully saturated rings. The first kappa shape index (κ1) is 27.4. The van der Waals surface area contributed by atoms with Gasteiger partial charge in [-0.15, -0.1) is 23.2 Å². The van der Waals surface area contributed by atoms with Gasteiger partial charge in [-0.1, -0.05) is 114 Å². The van der Waals surface area contributed by atoms with Crippen molar-refractivity contribution in [1.82, 2.24) is 0 Å². The molecule has 0 heterocycles. The summed E-state index contributed by atoms with van der Waals surface area (Å²) in [5.41, 5.74) is 3.11. The van der Waals surface area contributed by atoms with E-state index in [-0.39, 0.29) is 39.5 Å². The van der Waals surface area contributed by atoms with Gasteiger partial charge in [-0.05, 0) is 58.4 Å². The normalized spacial score (nSPS) is 40.4. The smallest absolute Gasteiger partial charge is 0.217 e. The number of carbonyl (C=O) groups is 1. The third-order valence-electron chi connectivity index (χ3n) is 11.3. The number of fused-ring (bicyclic) bond motifs is 12. The second kappa shape index (κ2) is 8.53. The summed E-state index contributed by atoms with van der Waals surface area (Å²) in [5, 5.41) is 0.478. The van der Waals surface area contributed by atoms with Crippen LogP contribution in [0, 0.1) is 29.1 Å². The Morgan fingerprint density at radius 3 is 1.52 bits per heavy atom. The fourth-order valence-corrected chi connectivity index (χ4v) is 12.5. The molecule has 3 aromatic rings. The molecule has 8 rings (SSSR count). The molecule has 3 aromatic carbocycles. The topological polar surface area (TPSA) is 35.5 Å². The number of rotatable bonds is 5. The standard InChI is InChI=1S/C35H28Cl4O3/c1-31-22(19-13-7-4-8-14-19)23(20-15-9-5-10-16-20)32(30(31)40,21-17-11-6-12-18-21)25-24(31)26-27(25)34(39)29(37)28(36)33(26,38)35(34,41-2)42-3/h4-18,24-27H,1-3H3/t24-,25-,26+,27+,31+,32-,33-,34-/m0/s1. The van der Waals surface area contributed by atoms with Gasteiger partial charge >= 0.3 is 0 Å². The molecule has 0 aromatic heterocycles. The fraction of sp³-hybridized carbons (Fsp3) is 0.343. The minimum Gasteiger partial charge on any atom is -0.350 e. The molecule has 5 aliphatic carbocycles. The van der Waals surface area contributed by atoms with E-state index in [4.69, 9.17) is 55.9 Å². The fourth-order valence-electron chi connectivity index (χ4n) is 10.2. The van der Waals surface area contributed by atoms with Crippen molar-refractivity contribution in [2.75, 3.05) is 14.2 Å². The highest BCUT2D eigenvalue weighted by Crippen LogP contribution is 2.90. The van der Waals surface area contributed by atoms with Crippen molar-refractivity contribution in [1.29, 1.82) is 0 Å². The molecule has 214 valence electrons. The lowest BCUT2D eigenvalue weighted by Gasteiger charge is -2.62. The number of methoxy groups -OCH3 is 2. The number of benzene rings is 3. The van der Waals surface area contributed by atoms with E-state index in [1.165, 1.54) is 14.2 Å². The predicted molar refractivity (Wildman–Crippen MR) is 168 cm³/mol. The van der Waals surface area contributed by atoms with Crippen molar-refractivity contribution in [3.8, 4) is 0 Å². The molecule has 0 N–H and O–H groups in total. The van der Waals surface area contributed by atoms with Crippen LogP contribution in [0.25, 0.3) is 11.1 Å². The highest BCUT2D eigenvalue weighted by molar-refractivity contribution is 6.52. The van der Waals surface area contributed by atoms with Crippen LogP contribution in [0.1, 0.15) is 23.6 Å². The third-order valence-corrected chi connectivity index (χ3v) is 14.0. The van der Waals surface area contributed by atoms with Crippen LogP contribution in [0.4, 0.5) is 0 Å². The van der Waals surface area contributed by atoms with E-state index in [1.54, 1.807) is 0 Å². The first-order valence-corrected chi connectivity index (χ1v) is 15.7. The molecule has 7 heteroatoms. The molecular formula is C35H28Cl4O3. The number of Topliss-reactive ketones (excluding diaryl/α,β-unsaturated/α-hetero) is 1. The Labute approximate surface area is 265 Å². The van der Waals surface area contributed by atoms with Crippen LogP contribution in [0.2, 0.25) is 0 Å². The summed E-state index contributed by atoms with van der Waals surface area (Å²) in [7, 11) is 3.07. The molecule has 5 aliphatic rings. The molecule has 42 heavy (non-hydrogen) atoms. The Morgan fingerprint density at radius 1 is 0.619 bits per heavy atom. The Morgan fingerprint density at radius 2 is 1.05 bits per heavy atom. The molecular weight excluding hydrogens is 610 g/mol. The van der Waals surface area contributed by atoms with Crippen LogP contribution < -0.4 is 0 Å². The number of halogens is 4. The zero-order valence-corrected chi connectivity index (χ0v) is 26.2. The number of carbonyl (C=O) groups excluding carboxylic acids is 1. The van der Waals surface area contributed by atoms with Crippen LogP contribution in [0.3, 0.4) is 0 Å². The van der Waals surface area contributed by atoms with Gasteiger partial charge in [0.25, 0.3) is 0 Å². The van der Waals surface area contributed by atoms with Crippen LogP contribution in [-0.2, 0) is 19.7 Å². The van der Waals surface area contributed by atoms with Crippen LogP contribution in [0.5, 0.6) is 0 Å². The van der Waals surface area contributed by atoms with Gasteiger partial charge < -0.3 is 9.47 Å². The second-order valence-corrected chi connectivity index (χ2v) is 14.3. The molecule has 0 saturated heterocycles. The van der Waals surface area contributed by atoms with E-state index in [1.807, 2.05) is 54.6 Å². The highest BCUT2D eigenvalue weighted by atomic mass is 35.5. The van der Waals surface area contributed by atoms with E-state index in [0.29, 0.717) is 0 Å². The molecule has 0 amide bonds. The summed E-state index contributed by atoms with van der Waals surface area (Å²) in [6, 6.07) is 30.6. The van der Waals surface area contributed by atoms with Crippen LogP contribution in [-0.4, -0.2) is 35.5 Å². The van der Waals surface area contributed by atoms with Crippen LogP contribution >= 0.6 is 46.4 Å². The number of allylic oxidation sites excluding steroid dienone is 2. The third kappa shape index (κ3) is 2.49. The van der Waals surface area contributed by atoms with E-state index >= 15 is 4.79 Å². The lowest BCUT2D eigenvalue weighted by atomic mass is 9.41. The number of hydrogen-bond acceptors (Lipinski definition) is 3. The Balaban J connectivity index is 1.51. The monoisotopic (exact) mass is 636 g/mol. The second-order valence-electron chi connectivity index (χ2n) is 12.4. The SMILES string of the molecule is COC1(OC)[C@@]2(Cl)C(Cl)=C(Cl)[C@@]1(Cl)[C@@H]1[C@@H]3[C@@H]([C@H]12)[C@]1(C)C(=O)[C@@]3(c2ccccc2)C(c2ccccc2)=C1c1ccccc1. The predicted octanol–water partition coefficient (Wildman–Crippen LogP) is 8.28. The van der Waals surface area contributed by atoms with Gasteiger partial charge in [0.05, 0.1) is 20.9 Å². The Hall–Kier alpha value is -2.11. The van der Waals surface area contributed by atoms with Crippen molar-refractivity contribution in [2.45, 2.75) is 27.9 Å². The molecule has 8 atom stereocenters. The number of hydrogen-bond donors (Lipinski definition) is 0. The summed E-state index contributed by atoms with van der Waals surface area (Å²) in [6.45, 7) is 2.10. The summed E-state index contributed by atoms with van der Waals surface area (Å²) in [6.07, 6.45) is 0. The summed E-state index contributed by atoms with van der Waals surface area (Å²) in [4.78, 5) is 12.7. The molecule has 0 unspecified atom stereocenters. The van der Waals surface area contributed by atoms with E-state index in [2.05, 4.69) is 43.3 Å². The minimum atomic E-state index is -1.52. The van der Waals surface area contributed by atoms with Gasteiger partial charge in [0.2, 0.25) is 5.79 Å². The van der Waals surface area contributed by atoms with E-state index in [9.17, 15) is 0 Å². The zero-order valence-electron chi connectivity index (χ0n) is 23.2. The molecule has 3 nitrogen and oxygen atoms in total. The van der Waals surface area contributed by atoms with Gasteiger partial charge in [-0.25, -0.2) is 0 Å². The van der Waals surface area contributed by atoms with Crippen molar-refractivity contribution < 1.29 is 14.3 Å². The first-order valence-electron chi connectivity index (χ1n) is 14.2. The summed E-state index contributed by atoms with van der Waals surface area (Å²) in [5.74, 6) is -2.46. The van der Waals surface area contributed by atoms with Gasteiger partial charge in [0.1, 0.15) is 9.75 Å². The van der Waals surface area contributed by atoms with E-state index < -0.39 is 26.4 Å². The highest BCUT2D eigenvalue weighted by Gasteiger charge is 2.96. The average molecular weight is 638 g/mol. The lowest BCUT2D eigenvalue weighted by Crippen LogP contribution is -2.63. The van der Waals surface area contributed by atoms with Gasteiger partial charge in [0.15, 0.2) is 5.78 Å². The maximum atomic E-state index is 15.5. The number of ketones is 1. The van der Waals surface area contributed by atoms with E-state index in [0.717, 1.165) is 27.8 Å². The maximum Gasteiger partial charge on any atom is 0.217 e. The molecule has 4 bridgehead atoms. The lowest BCUT2D eigenvalue weighted by molar-refractivity contribution is -0.219. The summed E-state index contributed by atoms with van der Waals surface area (Å²) >= 11 is 29.4. The first-order chi connectivity index (χ1) is 20.1. The minimum absolute atomic E-state index is 0.163. The molecule has 0 radical (unpaired) electrons. The molecule has 3 saturated carbocycles. The van der Waals surface area contributed by atoms with Gasteiger partial charge in [-0.3, -0.25) is 4.79 Å². The van der Waals surface area contributed by atoms with Crippen molar-refractivity contribution >= 4 is 63.3 Å². The van der Waals surface area contributed by atoms with Crippen molar-refractivity contribution in [2.24, 2.45) is 29.1 Å². The number of ether oxygens (including phenoxy) is 2. The largest absolute Gasteiger partial charge is 0.350 e. The zero-order chi connectivity index (χ0) is 29.4.